The van der Waals surface area contributed by atoms with Gasteiger partial charge in [0.25, 0.3) is 0 Å². The predicted octanol–water partition coefficient (Wildman–Crippen LogP) is 2.78. The second kappa shape index (κ2) is 4.01. The molecule has 2 rings (SSSR count). The molecule has 0 aliphatic rings. The summed E-state index contributed by atoms with van der Waals surface area (Å²) in [5.74, 6) is 0. The third-order valence-corrected chi connectivity index (χ3v) is 3.34. The average molecular weight is 265 g/mol. The number of isocyanates is 1. The van der Waals surface area contributed by atoms with E-state index in [2.05, 4.69) is 20.9 Å². The van der Waals surface area contributed by atoms with Crippen molar-refractivity contribution in [3.05, 3.63) is 34.4 Å². The monoisotopic (exact) mass is 264 g/mol. The van der Waals surface area contributed by atoms with E-state index in [1.54, 1.807) is 6.08 Å². The van der Waals surface area contributed by atoms with Gasteiger partial charge in [0, 0.05) is 22.4 Å². The van der Waals surface area contributed by atoms with Gasteiger partial charge in [0.1, 0.15) is 0 Å². The van der Waals surface area contributed by atoms with Crippen molar-refractivity contribution < 1.29 is 4.79 Å². The molecule has 2 aromatic rings. The minimum absolute atomic E-state index is 0.356. The number of benzene rings is 1. The Morgan fingerprint density at radius 1 is 1.47 bits per heavy atom. The Hall–Kier alpha value is -1.38. The van der Waals surface area contributed by atoms with Gasteiger partial charge in [-0.2, -0.15) is 4.99 Å². The zero-order valence-corrected chi connectivity index (χ0v) is 9.78. The van der Waals surface area contributed by atoms with Crippen molar-refractivity contribution in [1.82, 2.24) is 4.57 Å². The third-order valence-electron chi connectivity index (χ3n) is 2.45. The van der Waals surface area contributed by atoms with E-state index in [1.165, 1.54) is 0 Å². The van der Waals surface area contributed by atoms with Crippen LogP contribution in [0.25, 0.3) is 10.9 Å². The predicted molar refractivity (Wildman–Crippen MR) is 62.4 cm³/mol. The van der Waals surface area contributed by atoms with E-state index in [1.807, 2.05) is 35.9 Å². The van der Waals surface area contributed by atoms with Crippen LogP contribution < -0.4 is 0 Å². The van der Waals surface area contributed by atoms with Gasteiger partial charge in [-0.15, -0.1) is 0 Å². The molecule has 0 amide bonds. The maximum atomic E-state index is 10.1. The molecule has 0 atom stereocenters. The number of carbonyl (C=O) groups excluding carboxylic acids is 1. The lowest BCUT2D eigenvalue weighted by molar-refractivity contribution is 0.562. The molecule has 0 aliphatic carbocycles. The van der Waals surface area contributed by atoms with Crippen molar-refractivity contribution in [2.24, 2.45) is 12.0 Å². The number of aryl methyl sites for hydroxylation is 1. The second-order valence-electron chi connectivity index (χ2n) is 3.24. The van der Waals surface area contributed by atoms with E-state index in [0.29, 0.717) is 6.54 Å². The second-order valence-corrected chi connectivity index (χ2v) is 4.04. The molecule has 0 fully saturated rings. The van der Waals surface area contributed by atoms with Crippen molar-refractivity contribution in [2.45, 2.75) is 6.54 Å². The Morgan fingerprint density at radius 3 is 2.87 bits per heavy atom. The van der Waals surface area contributed by atoms with Crippen LogP contribution in [-0.4, -0.2) is 10.6 Å². The highest BCUT2D eigenvalue weighted by molar-refractivity contribution is 9.10. The summed E-state index contributed by atoms with van der Waals surface area (Å²) in [6.07, 6.45) is 1.56. The van der Waals surface area contributed by atoms with Crippen LogP contribution in [0.15, 0.2) is 33.7 Å². The average Bonchev–Trinajstić information content (AvgIpc) is 2.51. The summed E-state index contributed by atoms with van der Waals surface area (Å²) in [4.78, 5) is 13.7. The standard InChI is InChI=1S/C11H9BrN2O/c1-14-9-5-3-2-4-8(9)11(12)10(14)6-13-7-15/h2-5H,6H2,1H3. The van der Waals surface area contributed by atoms with Crippen LogP contribution in [-0.2, 0) is 18.4 Å². The Morgan fingerprint density at radius 2 is 2.20 bits per heavy atom. The van der Waals surface area contributed by atoms with Crippen molar-refractivity contribution >= 4 is 32.9 Å². The highest BCUT2D eigenvalue weighted by Crippen LogP contribution is 2.30. The van der Waals surface area contributed by atoms with Crippen molar-refractivity contribution in [2.75, 3.05) is 0 Å². The molecule has 15 heavy (non-hydrogen) atoms. The summed E-state index contributed by atoms with van der Waals surface area (Å²) < 4.78 is 3.03. The molecular weight excluding hydrogens is 256 g/mol. The number of rotatable bonds is 2. The number of aliphatic imine (C=N–C) groups is 1. The quantitative estimate of drug-likeness (QED) is 0.607. The zero-order chi connectivity index (χ0) is 10.8. The first-order valence-electron chi connectivity index (χ1n) is 4.51. The molecule has 4 heteroatoms. The van der Waals surface area contributed by atoms with Crippen molar-refractivity contribution in [1.29, 1.82) is 0 Å². The Kier molecular flexibility index (Phi) is 2.71. The van der Waals surface area contributed by atoms with E-state index in [9.17, 15) is 4.79 Å². The number of hydrogen-bond donors (Lipinski definition) is 0. The summed E-state index contributed by atoms with van der Waals surface area (Å²) in [5, 5.41) is 1.14. The topological polar surface area (TPSA) is 34.4 Å². The zero-order valence-electron chi connectivity index (χ0n) is 8.20. The SMILES string of the molecule is Cn1c(CN=C=O)c(Br)c2ccccc21. The summed E-state index contributed by atoms with van der Waals surface area (Å²) in [6.45, 7) is 0.356. The fourth-order valence-corrected chi connectivity index (χ4v) is 2.41. The molecule has 0 radical (unpaired) electrons. The van der Waals surface area contributed by atoms with Crippen LogP contribution >= 0.6 is 15.9 Å². The largest absolute Gasteiger partial charge is 0.345 e. The molecule has 3 nitrogen and oxygen atoms in total. The molecule has 0 bridgehead atoms. The first kappa shape index (κ1) is 10.1. The lowest BCUT2D eigenvalue weighted by Crippen LogP contribution is -1.94. The molecule has 0 unspecified atom stereocenters. The van der Waals surface area contributed by atoms with Crippen LogP contribution in [0.5, 0.6) is 0 Å². The van der Waals surface area contributed by atoms with Gasteiger partial charge in [0.15, 0.2) is 0 Å². The van der Waals surface area contributed by atoms with E-state index < -0.39 is 0 Å². The third kappa shape index (κ3) is 1.62. The summed E-state index contributed by atoms with van der Waals surface area (Å²) in [5.41, 5.74) is 2.11. The molecule has 0 saturated heterocycles. The lowest BCUT2D eigenvalue weighted by atomic mass is 10.2. The molecule has 0 saturated carbocycles. The fourth-order valence-electron chi connectivity index (χ4n) is 1.68. The number of nitrogens with zero attached hydrogens (tertiary/aromatic N) is 2. The van der Waals surface area contributed by atoms with Crippen LogP contribution in [0, 0.1) is 0 Å². The van der Waals surface area contributed by atoms with E-state index in [0.717, 1.165) is 21.1 Å². The van der Waals surface area contributed by atoms with Crippen LogP contribution in [0.2, 0.25) is 0 Å². The maximum absolute atomic E-state index is 10.1. The fraction of sp³-hybridized carbons (Fsp3) is 0.182. The Balaban J connectivity index is 2.69. The van der Waals surface area contributed by atoms with Crippen molar-refractivity contribution in [3.63, 3.8) is 0 Å². The molecule has 0 aliphatic heterocycles. The molecule has 1 aromatic carbocycles. The van der Waals surface area contributed by atoms with Gasteiger partial charge in [0.2, 0.25) is 6.08 Å². The van der Waals surface area contributed by atoms with E-state index in [-0.39, 0.29) is 0 Å². The van der Waals surface area contributed by atoms with Gasteiger partial charge >= 0.3 is 0 Å². The van der Waals surface area contributed by atoms with Crippen LogP contribution in [0.1, 0.15) is 5.69 Å². The van der Waals surface area contributed by atoms with Crippen LogP contribution in [0.3, 0.4) is 0 Å². The number of para-hydroxylation sites is 1. The molecular formula is C11H9BrN2O. The molecule has 0 spiro atoms. The molecule has 1 aromatic heterocycles. The molecule has 0 N–H and O–H groups in total. The lowest BCUT2D eigenvalue weighted by Gasteiger charge is -1.99. The van der Waals surface area contributed by atoms with Gasteiger partial charge in [-0.25, -0.2) is 4.79 Å². The number of fused-ring (bicyclic) bond motifs is 1. The van der Waals surface area contributed by atoms with Gasteiger partial charge in [-0.3, -0.25) is 0 Å². The molecule has 1 heterocycles. The van der Waals surface area contributed by atoms with Crippen molar-refractivity contribution in [3.8, 4) is 0 Å². The Labute approximate surface area is 95.6 Å². The Bertz CT molecular complexity index is 514. The van der Waals surface area contributed by atoms with E-state index >= 15 is 0 Å². The minimum atomic E-state index is 0.356. The summed E-state index contributed by atoms with van der Waals surface area (Å²) in [7, 11) is 1.96. The highest BCUT2D eigenvalue weighted by Gasteiger charge is 2.11. The minimum Gasteiger partial charge on any atom is -0.345 e. The van der Waals surface area contributed by atoms with Gasteiger partial charge in [-0.1, -0.05) is 18.2 Å². The summed E-state index contributed by atoms with van der Waals surface area (Å²) in [6, 6.07) is 8.04. The first-order valence-corrected chi connectivity index (χ1v) is 5.30. The van der Waals surface area contributed by atoms with Gasteiger partial charge in [-0.05, 0) is 22.0 Å². The van der Waals surface area contributed by atoms with Gasteiger partial charge < -0.3 is 4.57 Å². The smallest absolute Gasteiger partial charge is 0.235 e. The highest BCUT2D eigenvalue weighted by atomic mass is 79.9. The first-order chi connectivity index (χ1) is 7.25. The maximum Gasteiger partial charge on any atom is 0.235 e. The number of halogens is 1. The van der Waals surface area contributed by atoms with Crippen LogP contribution in [0.4, 0.5) is 0 Å². The number of hydrogen-bond acceptors (Lipinski definition) is 2. The summed E-state index contributed by atoms with van der Waals surface area (Å²) >= 11 is 3.52. The van der Waals surface area contributed by atoms with E-state index in [4.69, 9.17) is 0 Å². The number of aromatic nitrogens is 1. The normalized spacial score (nSPS) is 10.3. The molecule has 76 valence electrons. The van der Waals surface area contributed by atoms with Gasteiger partial charge in [0.05, 0.1) is 12.2 Å².